The molecule has 0 saturated carbocycles. The van der Waals surface area contributed by atoms with Crippen molar-refractivity contribution in [1.29, 1.82) is 0 Å². The number of hydrogen-bond acceptors (Lipinski definition) is 5. The third-order valence-corrected chi connectivity index (χ3v) is 4.43. The number of likely N-dealkylation sites (tertiary alicyclic amines) is 1. The lowest BCUT2D eigenvalue weighted by atomic mass is 9.96. The number of aromatic nitrogens is 3. The second-order valence-corrected chi connectivity index (χ2v) is 7.53. The van der Waals surface area contributed by atoms with Crippen molar-refractivity contribution in [2.75, 3.05) is 18.9 Å². The molecule has 0 bridgehead atoms. The first-order valence-corrected chi connectivity index (χ1v) is 7.85. The van der Waals surface area contributed by atoms with Crippen molar-refractivity contribution in [2.45, 2.75) is 56.4 Å². The predicted octanol–water partition coefficient (Wildman–Crippen LogP) is 1.39. The maximum atomic E-state index is 12.3. The van der Waals surface area contributed by atoms with Crippen LogP contribution in [0.2, 0.25) is 0 Å². The number of carbonyl (C=O) groups is 1. The maximum absolute atomic E-state index is 12.3. The molecule has 1 unspecified atom stereocenters. The van der Waals surface area contributed by atoms with Gasteiger partial charge in [0, 0.05) is 18.5 Å². The Hall–Kier alpha value is -1.24. The minimum Gasteiger partial charge on any atom is -0.342 e. The van der Waals surface area contributed by atoms with Gasteiger partial charge in [0.25, 0.3) is 0 Å². The molecule has 0 radical (unpaired) electrons. The Morgan fingerprint density at radius 3 is 2.40 bits per heavy atom. The lowest BCUT2D eigenvalue weighted by Gasteiger charge is -2.20. The van der Waals surface area contributed by atoms with Gasteiger partial charge in [0.05, 0.1) is 5.25 Å². The third-order valence-electron chi connectivity index (χ3n) is 3.38. The fourth-order valence-electron chi connectivity index (χ4n) is 2.27. The van der Waals surface area contributed by atoms with Crippen LogP contribution in [0.4, 0.5) is 0 Å². The first-order valence-electron chi connectivity index (χ1n) is 6.97. The van der Waals surface area contributed by atoms with E-state index in [1.165, 1.54) is 16.4 Å². The second-order valence-electron chi connectivity index (χ2n) is 6.22. The molecule has 1 aliphatic rings. The quantitative estimate of drug-likeness (QED) is 0.674. The van der Waals surface area contributed by atoms with Crippen LogP contribution in [0, 0.1) is 0 Å². The molecule has 1 saturated heterocycles. The van der Waals surface area contributed by atoms with E-state index in [0.717, 1.165) is 31.8 Å². The van der Waals surface area contributed by atoms with Gasteiger partial charge in [-0.05, 0) is 19.8 Å². The number of rotatable bonds is 3. The van der Waals surface area contributed by atoms with Gasteiger partial charge in [-0.25, -0.2) is 4.68 Å². The average molecular weight is 297 g/mol. The minimum absolute atomic E-state index is 0.160. The summed E-state index contributed by atoms with van der Waals surface area (Å²) in [5.41, 5.74) is -0.164. The van der Waals surface area contributed by atoms with Crippen LogP contribution >= 0.6 is 11.8 Å². The van der Waals surface area contributed by atoms with Crippen molar-refractivity contribution in [3.8, 4) is 0 Å². The van der Waals surface area contributed by atoms with Gasteiger partial charge in [0.15, 0.2) is 5.82 Å². The van der Waals surface area contributed by atoms with Gasteiger partial charge in [-0.1, -0.05) is 32.5 Å². The molecular weight excluding hydrogens is 274 g/mol. The molecule has 1 aromatic rings. The minimum atomic E-state index is -0.188. The molecule has 0 aliphatic carbocycles. The van der Waals surface area contributed by atoms with Crippen molar-refractivity contribution in [2.24, 2.45) is 0 Å². The first-order chi connectivity index (χ1) is 9.30. The van der Waals surface area contributed by atoms with E-state index in [2.05, 4.69) is 10.2 Å². The number of hydrogen-bond donors (Lipinski definition) is 1. The highest BCUT2D eigenvalue weighted by atomic mass is 32.2. The number of carbonyl (C=O) groups excluding carboxylic acids is 1. The Bertz CT molecular complexity index is 487. The summed E-state index contributed by atoms with van der Waals surface area (Å²) in [6, 6.07) is 0. The largest absolute Gasteiger partial charge is 0.342 e. The van der Waals surface area contributed by atoms with Crippen LogP contribution in [0.15, 0.2) is 5.16 Å². The smallest absolute Gasteiger partial charge is 0.235 e. The molecule has 0 aromatic carbocycles. The molecule has 6 nitrogen and oxygen atoms in total. The van der Waals surface area contributed by atoms with Crippen molar-refractivity contribution in [1.82, 2.24) is 19.8 Å². The van der Waals surface area contributed by atoms with Crippen molar-refractivity contribution < 1.29 is 4.79 Å². The summed E-state index contributed by atoms with van der Waals surface area (Å²) in [6.45, 7) is 9.74. The van der Waals surface area contributed by atoms with Crippen LogP contribution in [-0.2, 0) is 10.2 Å². The fraction of sp³-hybridized carbons (Fsp3) is 0.769. The van der Waals surface area contributed by atoms with Crippen LogP contribution in [0.1, 0.15) is 46.4 Å². The molecule has 2 heterocycles. The molecule has 1 atom stereocenters. The van der Waals surface area contributed by atoms with Crippen molar-refractivity contribution in [3.05, 3.63) is 5.82 Å². The summed E-state index contributed by atoms with van der Waals surface area (Å²) in [4.78, 5) is 14.2. The topological polar surface area (TPSA) is 77.0 Å². The van der Waals surface area contributed by atoms with Crippen LogP contribution in [0.5, 0.6) is 0 Å². The lowest BCUT2D eigenvalue weighted by molar-refractivity contribution is -0.129. The summed E-state index contributed by atoms with van der Waals surface area (Å²) in [5.74, 6) is 6.92. The molecule has 1 aliphatic heterocycles. The second kappa shape index (κ2) is 5.63. The lowest BCUT2D eigenvalue weighted by Crippen LogP contribution is -2.34. The normalized spacial score (nSPS) is 17.5. The van der Waals surface area contributed by atoms with E-state index in [9.17, 15) is 4.79 Å². The monoisotopic (exact) mass is 297 g/mol. The van der Waals surface area contributed by atoms with E-state index >= 15 is 0 Å². The van der Waals surface area contributed by atoms with Crippen LogP contribution in [-0.4, -0.2) is 44.0 Å². The summed E-state index contributed by atoms with van der Waals surface area (Å²) < 4.78 is 1.50. The molecular formula is C13H23N5OS. The molecule has 2 N–H and O–H groups in total. The Labute approximate surface area is 124 Å². The highest BCUT2D eigenvalue weighted by molar-refractivity contribution is 8.00. The Morgan fingerprint density at radius 1 is 1.30 bits per heavy atom. The van der Waals surface area contributed by atoms with E-state index in [1.54, 1.807) is 0 Å². The number of thioether (sulfide) groups is 1. The maximum Gasteiger partial charge on any atom is 0.235 e. The van der Waals surface area contributed by atoms with Gasteiger partial charge in [-0.2, -0.15) is 0 Å². The van der Waals surface area contributed by atoms with E-state index in [1.807, 2.05) is 32.6 Å². The molecule has 1 amide bonds. The van der Waals surface area contributed by atoms with E-state index in [-0.39, 0.29) is 16.6 Å². The number of nitrogen functional groups attached to an aromatic ring is 1. The standard InChI is InChI=1S/C13H23N5OS/c1-9(10(19)17-7-5-6-8-17)20-12-16-15-11(18(12)14)13(2,3)4/h9H,5-8,14H2,1-4H3. The van der Waals surface area contributed by atoms with Gasteiger partial charge >= 0.3 is 0 Å². The SMILES string of the molecule is CC(Sc1nnc(C(C)(C)C)n1N)C(=O)N1CCCC1. The predicted molar refractivity (Wildman–Crippen MR) is 80.0 cm³/mol. The van der Waals surface area contributed by atoms with Crippen LogP contribution in [0.25, 0.3) is 0 Å². The van der Waals surface area contributed by atoms with Gasteiger partial charge in [-0.3, -0.25) is 4.79 Å². The molecule has 0 spiro atoms. The fourth-order valence-corrected chi connectivity index (χ4v) is 3.13. The summed E-state index contributed by atoms with van der Waals surface area (Å²) in [6.07, 6.45) is 2.20. The number of nitrogens with two attached hydrogens (primary N) is 1. The molecule has 1 fully saturated rings. The first kappa shape index (κ1) is 15.2. The van der Waals surface area contributed by atoms with Gasteiger partial charge in [0.1, 0.15) is 0 Å². The summed E-state index contributed by atoms with van der Waals surface area (Å²) >= 11 is 1.38. The number of nitrogens with zero attached hydrogens (tertiary/aromatic N) is 4. The summed E-state index contributed by atoms with van der Waals surface area (Å²) in [5, 5.41) is 8.66. The average Bonchev–Trinajstić information content (AvgIpc) is 2.98. The van der Waals surface area contributed by atoms with Crippen molar-refractivity contribution >= 4 is 17.7 Å². The molecule has 7 heteroatoms. The zero-order valence-corrected chi connectivity index (χ0v) is 13.4. The van der Waals surface area contributed by atoms with Crippen LogP contribution < -0.4 is 5.84 Å². The molecule has 112 valence electrons. The molecule has 1 aromatic heterocycles. The Kier molecular flexibility index (Phi) is 4.27. The van der Waals surface area contributed by atoms with Crippen LogP contribution in [0.3, 0.4) is 0 Å². The number of amides is 1. The highest BCUT2D eigenvalue weighted by Crippen LogP contribution is 2.27. The van der Waals surface area contributed by atoms with E-state index in [4.69, 9.17) is 5.84 Å². The summed E-state index contributed by atoms with van der Waals surface area (Å²) in [7, 11) is 0. The van der Waals surface area contributed by atoms with E-state index < -0.39 is 0 Å². The Balaban J connectivity index is 2.06. The highest BCUT2D eigenvalue weighted by Gasteiger charge is 2.28. The third kappa shape index (κ3) is 3.08. The zero-order valence-electron chi connectivity index (χ0n) is 12.6. The van der Waals surface area contributed by atoms with Gasteiger partial charge in [-0.15, -0.1) is 10.2 Å². The molecule has 2 rings (SSSR count). The Morgan fingerprint density at radius 2 is 1.90 bits per heavy atom. The van der Waals surface area contributed by atoms with Crippen molar-refractivity contribution in [3.63, 3.8) is 0 Å². The zero-order chi connectivity index (χ0) is 14.9. The molecule has 20 heavy (non-hydrogen) atoms. The van der Waals surface area contributed by atoms with Gasteiger partial charge < -0.3 is 10.7 Å². The van der Waals surface area contributed by atoms with Gasteiger partial charge in [0.2, 0.25) is 11.1 Å². The van der Waals surface area contributed by atoms with E-state index in [0.29, 0.717) is 5.16 Å².